The van der Waals surface area contributed by atoms with Crippen molar-refractivity contribution in [3.8, 4) is 5.13 Å². The molecular formula is C13H16N4O2S. The second kappa shape index (κ2) is 5.32. The van der Waals surface area contributed by atoms with Crippen LogP contribution in [0.2, 0.25) is 0 Å². The lowest BCUT2D eigenvalue weighted by atomic mass is 9.86. The number of hydrogen-bond acceptors (Lipinski definition) is 5. The van der Waals surface area contributed by atoms with Crippen LogP contribution >= 0.6 is 11.3 Å². The van der Waals surface area contributed by atoms with E-state index in [0.29, 0.717) is 10.8 Å². The summed E-state index contributed by atoms with van der Waals surface area (Å²) >= 11 is 1.46. The third-order valence-corrected chi connectivity index (χ3v) is 4.62. The molecule has 3 rings (SSSR count). The minimum Gasteiger partial charge on any atom is -0.476 e. The lowest BCUT2D eigenvalue weighted by Crippen LogP contribution is -2.14. The number of nitrogens with zero attached hydrogens (tertiary/aromatic N) is 4. The molecule has 1 fully saturated rings. The highest BCUT2D eigenvalue weighted by Gasteiger charge is 2.29. The van der Waals surface area contributed by atoms with Crippen LogP contribution in [-0.2, 0) is 0 Å². The average Bonchev–Trinajstić information content (AvgIpc) is 3.05. The van der Waals surface area contributed by atoms with Gasteiger partial charge in [-0.1, -0.05) is 24.5 Å². The van der Waals surface area contributed by atoms with Crippen LogP contribution in [0.3, 0.4) is 0 Å². The Labute approximate surface area is 120 Å². The zero-order valence-electron chi connectivity index (χ0n) is 11.2. The predicted octanol–water partition coefficient (Wildman–Crippen LogP) is 2.78. The van der Waals surface area contributed by atoms with Crippen LogP contribution in [0.4, 0.5) is 0 Å². The quantitative estimate of drug-likeness (QED) is 0.940. The van der Waals surface area contributed by atoms with Crippen LogP contribution in [0.1, 0.15) is 59.9 Å². The summed E-state index contributed by atoms with van der Waals surface area (Å²) in [6, 6.07) is 0. The predicted molar refractivity (Wildman–Crippen MR) is 74.6 cm³/mol. The molecule has 0 amide bonds. The van der Waals surface area contributed by atoms with E-state index in [0.717, 1.165) is 31.4 Å². The Balaban J connectivity index is 2.07. The molecule has 2 aromatic heterocycles. The third kappa shape index (κ3) is 2.33. The van der Waals surface area contributed by atoms with E-state index in [9.17, 15) is 9.90 Å². The van der Waals surface area contributed by atoms with Gasteiger partial charge in [-0.15, -0.1) is 16.4 Å². The van der Waals surface area contributed by atoms with Gasteiger partial charge in [-0.2, -0.15) is 4.68 Å². The molecule has 7 heteroatoms. The van der Waals surface area contributed by atoms with Crippen LogP contribution in [0.25, 0.3) is 5.13 Å². The number of carboxylic acid groups (broad SMARTS) is 1. The lowest BCUT2D eigenvalue weighted by Gasteiger charge is -2.21. The number of aromatic carboxylic acids is 1. The Morgan fingerprint density at radius 3 is 2.75 bits per heavy atom. The molecule has 0 atom stereocenters. The molecule has 0 radical (unpaired) electrons. The first-order valence-corrected chi connectivity index (χ1v) is 7.66. The van der Waals surface area contributed by atoms with Crippen LogP contribution in [-0.4, -0.2) is 31.1 Å². The van der Waals surface area contributed by atoms with Gasteiger partial charge in [0, 0.05) is 11.3 Å². The number of aryl methyl sites for hydroxylation is 1. The van der Waals surface area contributed by atoms with E-state index < -0.39 is 5.97 Å². The molecule has 6 nitrogen and oxygen atoms in total. The summed E-state index contributed by atoms with van der Waals surface area (Å²) in [4.78, 5) is 15.8. The average molecular weight is 292 g/mol. The van der Waals surface area contributed by atoms with Gasteiger partial charge in [0.05, 0.1) is 11.4 Å². The van der Waals surface area contributed by atoms with Gasteiger partial charge in [0.1, 0.15) is 0 Å². The van der Waals surface area contributed by atoms with Crippen molar-refractivity contribution in [1.82, 2.24) is 20.0 Å². The minimum atomic E-state index is -1.01. The van der Waals surface area contributed by atoms with E-state index in [1.807, 2.05) is 12.3 Å². The Bertz CT molecular complexity index is 628. The number of hydrogen-bond donors (Lipinski definition) is 1. The Kier molecular flexibility index (Phi) is 3.52. The molecule has 0 spiro atoms. The van der Waals surface area contributed by atoms with Crippen LogP contribution in [0.5, 0.6) is 0 Å². The third-order valence-electron chi connectivity index (χ3n) is 3.69. The maximum absolute atomic E-state index is 11.4. The van der Waals surface area contributed by atoms with Gasteiger partial charge in [0.15, 0.2) is 5.69 Å². The van der Waals surface area contributed by atoms with Crippen molar-refractivity contribution in [3.05, 3.63) is 22.5 Å². The summed E-state index contributed by atoms with van der Waals surface area (Å²) in [5.41, 5.74) is 1.70. The molecule has 1 aliphatic rings. The maximum Gasteiger partial charge on any atom is 0.358 e. The number of aromatic nitrogens is 4. The van der Waals surface area contributed by atoms with E-state index in [1.165, 1.54) is 17.8 Å². The SMILES string of the molecule is Cc1csc(-n2nnc(C(=O)O)c2C2CCCCC2)n1. The van der Waals surface area contributed by atoms with Gasteiger partial charge in [-0.05, 0) is 19.8 Å². The molecule has 2 aromatic rings. The highest BCUT2D eigenvalue weighted by molar-refractivity contribution is 7.12. The Hall–Kier alpha value is -1.76. The maximum atomic E-state index is 11.4. The first-order chi connectivity index (χ1) is 9.66. The number of rotatable bonds is 3. The van der Waals surface area contributed by atoms with Crippen molar-refractivity contribution < 1.29 is 9.90 Å². The molecule has 20 heavy (non-hydrogen) atoms. The van der Waals surface area contributed by atoms with Crippen molar-refractivity contribution in [2.24, 2.45) is 0 Å². The molecule has 0 aliphatic heterocycles. The number of carbonyl (C=O) groups is 1. The summed E-state index contributed by atoms with van der Waals surface area (Å²) in [7, 11) is 0. The van der Waals surface area contributed by atoms with Crippen LogP contribution in [0.15, 0.2) is 5.38 Å². The van der Waals surface area contributed by atoms with Crippen molar-refractivity contribution in [1.29, 1.82) is 0 Å². The Morgan fingerprint density at radius 2 is 2.15 bits per heavy atom. The molecule has 1 N–H and O–H groups in total. The van der Waals surface area contributed by atoms with Gasteiger partial charge < -0.3 is 5.11 Å². The zero-order valence-corrected chi connectivity index (χ0v) is 12.1. The van der Waals surface area contributed by atoms with Gasteiger partial charge in [0.2, 0.25) is 5.13 Å². The summed E-state index contributed by atoms with van der Waals surface area (Å²) in [5.74, 6) is -0.792. The van der Waals surface area contributed by atoms with E-state index in [1.54, 1.807) is 4.68 Å². The summed E-state index contributed by atoms with van der Waals surface area (Å²) in [6.45, 7) is 1.91. The van der Waals surface area contributed by atoms with Crippen molar-refractivity contribution >= 4 is 17.3 Å². The second-order valence-corrected chi connectivity index (χ2v) is 5.98. The topological polar surface area (TPSA) is 80.9 Å². The van der Waals surface area contributed by atoms with Crippen molar-refractivity contribution in [3.63, 3.8) is 0 Å². The number of carboxylic acids is 1. The normalized spacial score (nSPS) is 16.4. The van der Waals surface area contributed by atoms with Gasteiger partial charge in [0.25, 0.3) is 0 Å². The molecule has 0 unspecified atom stereocenters. The van der Waals surface area contributed by atoms with Gasteiger partial charge in [-0.3, -0.25) is 0 Å². The lowest BCUT2D eigenvalue weighted by molar-refractivity contribution is 0.0688. The standard InChI is InChI=1S/C13H16N4O2S/c1-8-7-20-13(14-8)17-11(9-5-3-2-4-6-9)10(12(18)19)15-16-17/h7,9H,2-6H2,1H3,(H,18,19). The zero-order chi connectivity index (χ0) is 14.1. The van der Waals surface area contributed by atoms with Crippen molar-refractivity contribution in [2.45, 2.75) is 44.9 Å². The first kappa shape index (κ1) is 13.2. The fraction of sp³-hybridized carbons (Fsp3) is 0.538. The Morgan fingerprint density at radius 1 is 1.40 bits per heavy atom. The fourth-order valence-corrected chi connectivity index (χ4v) is 3.52. The minimum absolute atomic E-state index is 0.0738. The van der Waals surface area contributed by atoms with E-state index >= 15 is 0 Å². The smallest absolute Gasteiger partial charge is 0.358 e. The first-order valence-electron chi connectivity index (χ1n) is 6.78. The largest absolute Gasteiger partial charge is 0.476 e. The molecule has 0 bridgehead atoms. The van der Waals surface area contributed by atoms with E-state index in [4.69, 9.17) is 0 Å². The van der Waals surface area contributed by atoms with E-state index in [2.05, 4.69) is 15.3 Å². The molecular weight excluding hydrogens is 276 g/mol. The highest BCUT2D eigenvalue weighted by atomic mass is 32.1. The monoisotopic (exact) mass is 292 g/mol. The summed E-state index contributed by atoms with van der Waals surface area (Å²) in [6.07, 6.45) is 5.48. The molecule has 106 valence electrons. The molecule has 2 heterocycles. The van der Waals surface area contributed by atoms with E-state index in [-0.39, 0.29) is 11.6 Å². The molecule has 1 aliphatic carbocycles. The summed E-state index contributed by atoms with van der Waals surface area (Å²) < 4.78 is 1.62. The van der Waals surface area contributed by atoms with Crippen LogP contribution in [0, 0.1) is 6.92 Å². The van der Waals surface area contributed by atoms with Gasteiger partial charge in [-0.25, -0.2) is 9.78 Å². The molecule has 1 saturated carbocycles. The highest BCUT2D eigenvalue weighted by Crippen LogP contribution is 2.35. The van der Waals surface area contributed by atoms with Crippen LogP contribution < -0.4 is 0 Å². The van der Waals surface area contributed by atoms with Gasteiger partial charge >= 0.3 is 5.97 Å². The second-order valence-electron chi connectivity index (χ2n) is 5.15. The molecule has 0 saturated heterocycles. The molecule has 0 aromatic carbocycles. The summed E-state index contributed by atoms with van der Waals surface area (Å²) in [5, 5.41) is 19.8. The fourth-order valence-electron chi connectivity index (χ4n) is 2.76. The van der Waals surface area contributed by atoms with Crippen molar-refractivity contribution in [2.75, 3.05) is 0 Å². The number of thiazole rings is 1.